The lowest BCUT2D eigenvalue weighted by atomic mass is 9.60. The van der Waals surface area contributed by atoms with Gasteiger partial charge in [-0.25, -0.2) is 0 Å². The molecule has 0 atom stereocenters. The van der Waals surface area contributed by atoms with Crippen molar-refractivity contribution in [3.05, 3.63) is 212 Å². The van der Waals surface area contributed by atoms with Gasteiger partial charge in [0.15, 0.2) is 0 Å². The van der Waals surface area contributed by atoms with E-state index in [0.29, 0.717) is 11.8 Å². The molecule has 0 aromatic heterocycles. The summed E-state index contributed by atoms with van der Waals surface area (Å²) in [7, 11) is 2.60. The zero-order valence-electron chi connectivity index (χ0n) is 27.5. The van der Waals surface area contributed by atoms with Gasteiger partial charge in [0.25, 0.3) is 0 Å². The van der Waals surface area contributed by atoms with Crippen molar-refractivity contribution in [3.8, 4) is 0 Å². The van der Waals surface area contributed by atoms with Crippen molar-refractivity contribution in [2.24, 2.45) is 0 Å². The highest BCUT2D eigenvalue weighted by Crippen LogP contribution is 2.95. The lowest BCUT2D eigenvalue weighted by Gasteiger charge is -2.76. The first-order valence-corrected chi connectivity index (χ1v) is 36.7. The molecule has 0 N–H and O–H groups in total. The minimum absolute atomic E-state index is 0.0943. The molecule has 0 unspecified atom stereocenters. The number of benzene rings is 6. The largest absolute Gasteiger partial charge is 0.133 e. The normalized spacial score (nSPS) is 32.6. The van der Waals surface area contributed by atoms with E-state index in [1.165, 1.54) is 23.0 Å². The van der Waals surface area contributed by atoms with Gasteiger partial charge in [-0.15, -0.1) is 23.0 Å². The molecule has 3 aliphatic heterocycles. The molecule has 6 aromatic rings. The average molecular weight is 745 g/mol. The molecule has 49 heavy (non-hydrogen) atoms. The Kier molecular flexibility index (Phi) is 5.74. The first-order chi connectivity index (χ1) is 24.1. The van der Waals surface area contributed by atoms with Gasteiger partial charge in [0.1, 0.15) is 13.2 Å². The molecule has 234 valence electrons. The summed E-state index contributed by atoms with van der Waals surface area (Å²) in [6.45, 7) is 3.02. The van der Waals surface area contributed by atoms with Crippen molar-refractivity contribution in [2.75, 3.05) is 0 Å². The van der Waals surface area contributed by atoms with Crippen LogP contribution in [-0.4, -0.2) is 29.8 Å². The van der Waals surface area contributed by atoms with Crippen molar-refractivity contribution < 1.29 is 0 Å². The molecule has 9 aliphatic rings. The smallest absolute Gasteiger partial charge is 0.105 e. The summed E-state index contributed by atoms with van der Waals surface area (Å²) in [4.78, 5) is 0. The van der Waals surface area contributed by atoms with Gasteiger partial charge >= 0.3 is 0 Å². The second-order valence-corrected chi connectivity index (χ2v) is 72.3. The maximum atomic E-state index is 2.86. The van der Waals surface area contributed by atoms with E-state index in [1.54, 1.807) is 66.8 Å². The molecule has 6 bridgehead atoms. The van der Waals surface area contributed by atoms with Gasteiger partial charge in [-0.2, -0.15) is 0 Å². The van der Waals surface area contributed by atoms with Crippen LogP contribution in [0.5, 0.6) is 0 Å². The fourth-order valence-corrected chi connectivity index (χ4v) is 251. The fourth-order valence-electron chi connectivity index (χ4n) is 11.6. The Morgan fingerprint density at radius 2 is 0.571 bits per heavy atom. The predicted molar refractivity (Wildman–Crippen MR) is 220 cm³/mol. The van der Waals surface area contributed by atoms with E-state index in [0.717, 1.165) is 0 Å². The molecule has 15 rings (SSSR count). The SMILES string of the molecule is C[Si](C12c3ccccc3C(c3ccccc31)c1ccccc12)[Si]12P[Si]([Si](C)C34c5ccccc5C(c5ccccc53)c3ccccc34)(P1)P2. The highest BCUT2D eigenvalue weighted by Gasteiger charge is 2.80. The number of hydrogen-bond acceptors (Lipinski definition) is 0. The summed E-state index contributed by atoms with van der Waals surface area (Å²) in [6.07, 6.45) is 0. The fraction of sp³-hybridized carbons (Fsp3) is 0.143. The Balaban J connectivity index is 1.02. The predicted octanol–water partition coefficient (Wildman–Crippen LogP) is 10.1. The number of hydrogen-bond donors (Lipinski definition) is 0. The Morgan fingerprint density at radius 1 is 0.367 bits per heavy atom. The maximum absolute atomic E-state index is 2.86. The molecule has 6 aromatic carbocycles. The van der Waals surface area contributed by atoms with Gasteiger partial charge in [-0.05, 0) is 66.8 Å². The third kappa shape index (κ3) is 3.14. The molecule has 0 amide bonds. The molecule has 3 heterocycles. The Labute approximate surface area is 298 Å². The Bertz CT molecular complexity index is 2020. The van der Waals surface area contributed by atoms with Crippen LogP contribution in [0.3, 0.4) is 0 Å². The second kappa shape index (κ2) is 9.67. The van der Waals surface area contributed by atoms with E-state index < -0.39 is 29.8 Å². The molecular weight excluding hydrogens is 710 g/mol. The lowest BCUT2D eigenvalue weighted by molar-refractivity contribution is 0.694. The minimum Gasteiger partial charge on any atom is -0.133 e. The molecular formula is C42H35P3Si4. The Hall–Kier alpha value is -2.52. The highest BCUT2D eigenvalue weighted by atomic mass is 32.4. The minimum atomic E-state index is -1.35. The molecule has 7 heteroatoms. The van der Waals surface area contributed by atoms with Crippen LogP contribution in [0.2, 0.25) is 13.1 Å². The van der Waals surface area contributed by atoms with Crippen LogP contribution >= 0.6 is 23.0 Å². The first-order valence-electron chi connectivity index (χ1n) is 17.7. The summed E-state index contributed by atoms with van der Waals surface area (Å²) in [5.74, 6) is 0.767. The van der Waals surface area contributed by atoms with Crippen LogP contribution in [0.4, 0.5) is 0 Å². The van der Waals surface area contributed by atoms with E-state index in [9.17, 15) is 0 Å². The number of rotatable bonds is 4. The summed E-state index contributed by atoms with van der Waals surface area (Å²) < 4.78 is 0. The third-order valence-electron chi connectivity index (χ3n) is 13.4. The van der Waals surface area contributed by atoms with Crippen LogP contribution in [0, 0.1) is 0 Å². The van der Waals surface area contributed by atoms with E-state index in [1.807, 2.05) is 0 Å². The van der Waals surface area contributed by atoms with Crippen molar-refractivity contribution >= 4 is 52.8 Å². The molecule has 0 saturated carbocycles. The standard InChI is InChI=1S/C42H35P3Si4/c1-46(41-33-21-9-3-15-27(33)39(28-16-4-10-22-34(28)41)29-17-5-11-23-35(29)41)48-43-49(44-48,45-48)47(2)42-36-24-12-6-18-30(36)40(31-19-7-13-25-37(31)42)32-20-8-14-26-38(32)42/h3-26,39-40,43-45H,1-2H3. The molecule has 6 aliphatic carbocycles. The van der Waals surface area contributed by atoms with E-state index in [-0.39, 0.29) is 10.1 Å². The average Bonchev–Trinajstić information content (AvgIpc) is 3.13. The zero-order chi connectivity index (χ0) is 32.3. The van der Waals surface area contributed by atoms with E-state index >= 15 is 0 Å². The van der Waals surface area contributed by atoms with E-state index in [4.69, 9.17) is 0 Å². The molecule has 0 nitrogen and oxygen atoms in total. The van der Waals surface area contributed by atoms with Crippen molar-refractivity contribution in [2.45, 2.75) is 35.0 Å². The topological polar surface area (TPSA) is 0 Å². The van der Waals surface area contributed by atoms with Gasteiger partial charge < -0.3 is 0 Å². The molecule has 2 radical (unpaired) electrons. The second-order valence-electron chi connectivity index (χ2n) is 15.0. The van der Waals surface area contributed by atoms with Gasteiger partial charge in [0, 0.05) is 21.9 Å². The van der Waals surface area contributed by atoms with Crippen molar-refractivity contribution in [1.29, 1.82) is 0 Å². The summed E-state index contributed by atoms with van der Waals surface area (Å²) in [5.41, 5.74) is 19.7. The third-order valence-corrected chi connectivity index (χ3v) is 139. The van der Waals surface area contributed by atoms with E-state index in [2.05, 4.69) is 159 Å². The van der Waals surface area contributed by atoms with Gasteiger partial charge in [0.2, 0.25) is 0 Å². The summed E-state index contributed by atoms with van der Waals surface area (Å²) >= 11 is 0. The summed E-state index contributed by atoms with van der Waals surface area (Å²) in [5, 5.41) is 0.189. The van der Waals surface area contributed by atoms with Crippen LogP contribution in [-0.2, 0) is 10.1 Å². The van der Waals surface area contributed by atoms with Gasteiger partial charge in [-0.3, -0.25) is 0 Å². The molecule has 3 saturated heterocycles. The lowest BCUT2D eigenvalue weighted by Crippen LogP contribution is -2.78. The maximum Gasteiger partial charge on any atom is 0.105 e. The van der Waals surface area contributed by atoms with Crippen molar-refractivity contribution in [1.82, 2.24) is 0 Å². The first kappa shape index (κ1) is 29.1. The Morgan fingerprint density at radius 3 is 0.796 bits per heavy atom. The summed E-state index contributed by atoms with van der Waals surface area (Å²) in [6, 6.07) is 58.3. The highest BCUT2D eigenvalue weighted by molar-refractivity contribution is 9.00. The zero-order valence-corrected chi connectivity index (χ0v) is 34.5. The quantitative estimate of drug-likeness (QED) is 0.125. The van der Waals surface area contributed by atoms with Crippen LogP contribution < -0.4 is 0 Å². The van der Waals surface area contributed by atoms with Crippen LogP contribution in [0.1, 0.15) is 78.6 Å². The van der Waals surface area contributed by atoms with Crippen LogP contribution in [0.25, 0.3) is 0 Å². The van der Waals surface area contributed by atoms with Crippen LogP contribution in [0.15, 0.2) is 146 Å². The monoisotopic (exact) mass is 744 g/mol. The van der Waals surface area contributed by atoms with Crippen molar-refractivity contribution in [3.63, 3.8) is 0 Å². The van der Waals surface area contributed by atoms with Gasteiger partial charge in [0.05, 0.1) is 16.6 Å². The molecule has 0 spiro atoms. The van der Waals surface area contributed by atoms with Gasteiger partial charge in [-0.1, -0.05) is 159 Å². The molecule has 3 fully saturated rings.